The van der Waals surface area contributed by atoms with E-state index in [0.717, 1.165) is 10.6 Å². The second-order valence-electron chi connectivity index (χ2n) is 3.27. The highest BCUT2D eigenvalue weighted by atomic mass is 32.1. The lowest BCUT2D eigenvalue weighted by atomic mass is 10.3. The molecule has 0 bridgehead atoms. The van der Waals surface area contributed by atoms with Crippen molar-refractivity contribution in [2.45, 2.75) is 6.29 Å². The third-order valence-corrected chi connectivity index (χ3v) is 3.23. The minimum absolute atomic E-state index is 0.244. The highest BCUT2D eigenvalue weighted by molar-refractivity contribution is 7.22. The standard InChI is InChI=1S/C11H14N2O2S/c1-14-10(15-2)7-12-11-13-8-5-3-4-6-9(8)16-11/h3-6,10H,7H2,1-2H3,(H,12,13). The molecule has 0 aliphatic carbocycles. The van der Waals surface area contributed by atoms with Gasteiger partial charge in [0.2, 0.25) is 0 Å². The summed E-state index contributed by atoms with van der Waals surface area (Å²) in [5.74, 6) is 0. The summed E-state index contributed by atoms with van der Waals surface area (Å²) in [6.07, 6.45) is -0.244. The third kappa shape index (κ3) is 2.49. The van der Waals surface area contributed by atoms with Crippen LogP contribution in [-0.2, 0) is 9.47 Å². The van der Waals surface area contributed by atoms with E-state index in [0.29, 0.717) is 6.54 Å². The van der Waals surface area contributed by atoms with Gasteiger partial charge in [-0.2, -0.15) is 0 Å². The van der Waals surface area contributed by atoms with Crippen LogP contribution in [0.5, 0.6) is 0 Å². The fraction of sp³-hybridized carbons (Fsp3) is 0.364. The third-order valence-electron chi connectivity index (χ3n) is 2.24. The molecule has 1 N–H and O–H groups in total. The molecule has 5 heteroatoms. The Balaban J connectivity index is 2.04. The number of rotatable bonds is 5. The number of nitrogens with zero attached hydrogens (tertiary/aromatic N) is 1. The molecule has 0 spiro atoms. The van der Waals surface area contributed by atoms with Crippen LogP contribution in [0, 0.1) is 0 Å². The Labute approximate surface area is 98.2 Å². The van der Waals surface area contributed by atoms with Gasteiger partial charge < -0.3 is 14.8 Å². The van der Waals surface area contributed by atoms with Crippen LogP contribution in [0.2, 0.25) is 0 Å². The second kappa shape index (κ2) is 5.25. The van der Waals surface area contributed by atoms with E-state index in [1.54, 1.807) is 25.6 Å². The van der Waals surface area contributed by atoms with Gasteiger partial charge in [0.05, 0.1) is 16.8 Å². The maximum atomic E-state index is 5.09. The molecule has 1 aromatic carbocycles. The molecule has 0 saturated carbocycles. The smallest absolute Gasteiger partial charge is 0.183 e. The average molecular weight is 238 g/mol. The van der Waals surface area contributed by atoms with Gasteiger partial charge in [-0.25, -0.2) is 4.98 Å². The average Bonchev–Trinajstić information content (AvgIpc) is 2.73. The van der Waals surface area contributed by atoms with Gasteiger partial charge >= 0.3 is 0 Å². The van der Waals surface area contributed by atoms with Gasteiger partial charge in [-0.15, -0.1) is 0 Å². The summed E-state index contributed by atoms with van der Waals surface area (Å²) in [6, 6.07) is 8.06. The number of methoxy groups -OCH3 is 2. The van der Waals surface area contributed by atoms with Gasteiger partial charge in [0.1, 0.15) is 0 Å². The number of fused-ring (bicyclic) bond motifs is 1. The summed E-state index contributed by atoms with van der Waals surface area (Å²) in [5, 5.41) is 4.08. The van der Waals surface area contributed by atoms with Crippen molar-refractivity contribution in [2.75, 3.05) is 26.1 Å². The first kappa shape index (κ1) is 11.3. The maximum Gasteiger partial charge on any atom is 0.183 e. The van der Waals surface area contributed by atoms with Crippen LogP contribution < -0.4 is 5.32 Å². The highest BCUT2D eigenvalue weighted by Gasteiger charge is 2.07. The Morgan fingerprint density at radius 1 is 1.31 bits per heavy atom. The van der Waals surface area contributed by atoms with Crippen molar-refractivity contribution in [3.8, 4) is 0 Å². The van der Waals surface area contributed by atoms with E-state index in [4.69, 9.17) is 9.47 Å². The Bertz CT molecular complexity index is 421. The van der Waals surface area contributed by atoms with E-state index >= 15 is 0 Å². The molecule has 0 amide bonds. The number of hydrogen-bond acceptors (Lipinski definition) is 5. The molecule has 0 atom stereocenters. The monoisotopic (exact) mass is 238 g/mol. The van der Waals surface area contributed by atoms with Gasteiger partial charge in [-0.1, -0.05) is 23.5 Å². The van der Waals surface area contributed by atoms with Crippen molar-refractivity contribution >= 4 is 26.7 Å². The van der Waals surface area contributed by atoms with Crippen molar-refractivity contribution in [2.24, 2.45) is 0 Å². The van der Waals surface area contributed by atoms with Crippen LogP contribution >= 0.6 is 11.3 Å². The Hall–Kier alpha value is -1.17. The summed E-state index contributed by atoms with van der Waals surface area (Å²) in [4.78, 5) is 4.45. The Morgan fingerprint density at radius 3 is 2.75 bits per heavy atom. The topological polar surface area (TPSA) is 43.4 Å². The maximum absolute atomic E-state index is 5.09. The molecule has 0 radical (unpaired) electrons. The van der Waals surface area contributed by atoms with Crippen LogP contribution in [0.15, 0.2) is 24.3 Å². The van der Waals surface area contributed by atoms with E-state index in [-0.39, 0.29) is 6.29 Å². The van der Waals surface area contributed by atoms with Crippen molar-refractivity contribution in [1.82, 2.24) is 4.98 Å². The first-order chi connectivity index (χ1) is 7.83. The molecule has 2 aromatic rings. The molecule has 0 aliphatic heterocycles. The van der Waals surface area contributed by atoms with Crippen LogP contribution in [0.3, 0.4) is 0 Å². The van der Waals surface area contributed by atoms with E-state index in [1.165, 1.54) is 4.70 Å². The molecule has 0 unspecified atom stereocenters. The fourth-order valence-electron chi connectivity index (χ4n) is 1.38. The van der Waals surface area contributed by atoms with Crippen molar-refractivity contribution in [3.63, 3.8) is 0 Å². The first-order valence-corrected chi connectivity index (χ1v) is 5.80. The second-order valence-corrected chi connectivity index (χ2v) is 4.30. The summed E-state index contributed by atoms with van der Waals surface area (Å²) in [6.45, 7) is 0.590. The predicted octanol–water partition coefficient (Wildman–Crippen LogP) is 2.33. The summed E-state index contributed by atoms with van der Waals surface area (Å²) >= 11 is 1.63. The minimum atomic E-state index is -0.244. The lowest BCUT2D eigenvalue weighted by Gasteiger charge is -2.12. The zero-order chi connectivity index (χ0) is 11.4. The SMILES string of the molecule is COC(CNc1nc2ccccc2s1)OC. The zero-order valence-corrected chi connectivity index (χ0v) is 10.1. The molecule has 86 valence electrons. The Kier molecular flexibility index (Phi) is 3.71. The van der Waals surface area contributed by atoms with Crippen molar-refractivity contribution < 1.29 is 9.47 Å². The predicted molar refractivity (Wildman–Crippen MR) is 65.9 cm³/mol. The number of thiazole rings is 1. The molecule has 16 heavy (non-hydrogen) atoms. The van der Waals surface area contributed by atoms with Crippen LogP contribution in [-0.4, -0.2) is 32.0 Å². The molecule has 0 fully saturated rings. The number of para-hydroxylation sites is 1. The molecular formula is C11H14N2O2S. The number of benzene rings is 1. The summed E-state index contributed by atoms with van der Waals surface area (Å²) in [5.41, 5.74) is 1.02. The van der Waals surface area contributed by atoms with E-state index in [2.05, 4.69) is 16.4 Å². The highest BCUT2D eigenvalue weighted by Crippen LogP contribution is 2.25. The molecule has 0 saturated heterocycles. The number of ether oxygens (including phenoxy) is 2. The van der Waals surface area contributed by atoms with E-state index < -0.39 is 0 Å². The van der Waals surface area contributed by atoms with Crippen LogP contribution in [0.1, 0.15) is 0 Å². The molecule has 1 aromatic heterocycles. The van der Waals surface area contributed by atoms with Gasteiger partial charge in [0.25, 0.3) is 0 Å². The molecule has 0 aliphatic rings. The largest absolute Gasteiger partial charge is 0.356 e. The van der Waals surface area contributed by atoms with Crippen LogP contribution in [0.4, 0.5) is 5.13 Å². The number of nitrogens with one attached hydrogen (secondary N) is 1. The molecule has 1 heterocycles. The lowest BCUT2D eigenvalue weighted by Crippen LogP contribution is -2.23. The number of aromatic nitrogens is 1. The summed E-state index contributed by atoms with van der Waals surface area (Å²) in [7, 11) is 3.24. The molecular weight excluding hydrogens is 224 g/mol. The quantitative estimate of drug-likeness (QED) is 0.812. The van der Waals surface area contributed by atoms with Gasteiger partial charge in [-0.05, 0) is 12.1 Å². The number of hydrogen-bond donors (Lipinski definition) is 1. The fourth-order valence-corrected chi connectivity index (χ4v) is 2.25. The van der Waals surface area contributed by atoms with Crippen LogP contribution in [0.25, 0.3) is 10.2 Å². The van der Waals surface area contributed by atoms with Gasteiger partial charge in [0, 0.05) is 14.2 Å². The minimum Gasteiger partial charge on any atom is -0.356 e. The van der Waals surface area contributed by atoms with Gasteiger partial charge in [0.15, 0.2) is 11.4 Å². The van der Waals surface area contributed by atoms with Gasteiger partial charge in [-0.3, -0.25) is 0 Å². The molecule has 4 nitrogen and oxygen atoms in total. The normalized spacial score (nSPS) is 11.2. The first-order valence-electron chi connectivity index (χ1n) is 4.98. The number of anilines is 1. The molecule has 2 rings (SSSR count). The Morgan fingerprint density at radius 2 is 2.06 bits per heavy atom. The van der Waals surface area contributed by atoms with Crippen molar-refractivity contribution in [3.05, 3.63) is 24.3 Å². The summed E-state index contributed by atoms with van der Waals surface area (Å²) < 4.78 is 11.4. The van der Waals surface area contributed by atoms with Crippen molar-refractivity contribution in [1.29, 1.82) is 0 Å². The zero-order valence-electron chi connectivity index (χ0n) is 9.27. The van der Waals surface area contributed by atoms with E-state index in [1.807, 2.05) is 18.2 Å². The van der Waals surface area contributed by atoms with E-state index in [9.17, 15) is 0 Å². The lowest BCUT2D eigenvalue weighted by molar-refractivity contribution is -0.0914.